The van der Waals surface area contributed by atoms with Gasteiger partial charge in [0.05, 0.1) is 16.9 Å². The molecule has 7 heteroatoms. The number of nitrogens with zero attached hydrogens (tertiary/aromatic N) is 2. The minimum atomic E-state index is -0.973. The van der Waals surface area contributed by atoms with Gasteiger partial charge in [0.1, 0.15) is 0 Å². The number of benzene rings is 2. The minimum absolute atomic E-state index is 0.0230. The summed E-state index contributed by atoms with van der Waals surface area (Å²) in [5, 5.41) is 19.9. The van der Waals surface area contributed by atoms with Crippen molar-refractivity contribution < 1.29 is 14.7 Å². The first-order valence-electron chi connectivity index (χ1n) is 8.39. The predicted octanol–water partition coefficient (Wildman–Crippen LogP) is 3.20. The van der Waals surface area contributed by atoms with Crippen molar-refractivity contribution in [3.05, 3.63) is 59.7 Å². The lowest BCUT2D eigenvalue weighted by molar-refractivity contribution is -0.121. The van der Waals surface area contributed by atoms with Crippen LogP contribution in [0.15, 0.2) is 58.8 Å². The third-order valence-corrected chi connectivity index (χ3v) is 3.68. The summed E-state index contributed by atoms with van der Waals surface area (Å²) in [6, 6.07) is 13.8. The van der Waals surface area contributed by atoms with Crippen molar-refractivity contribution in [1.29, 1.82) is 0 Å². The molecule has 0 radical (unpaired) electrons. The smallest absolute Gasteiger partial charge is 0.335 e. The summed E-state index contributed by atoms with van der Waals surface area (Å²) in [5.41, 5.74) is 7.95. The van der Waals surface area contributed by atoms with Crippen LogP contribution in [0.25, 0.3) is 0 Å². The molecule has 0 fully saturated rings. The van der Waals surface area contributed by atoms with Crippen LogP contribution in [0.4, 0.5) is 11.4 Å². The number of hydrogen-bond donors (Lipinski definition) is 3. The van der Waals surface area contributed by atoms with Crippen molar-refractivity contribution in [3.63, 3.8) is 0 Å². The number of amides is 1. The molecule has 0 aliphatic carbocycles. The van der Waals surface area contributed by atoms with Crippen LogP contribution in [0.3, 0.4) is 0 Å². The molecule has 0 aromatic heterocycles. The summed E-state index contributed by atoms with van der Waals surface area (Å²) in [6.07, 6.45) is 1.90. The number of carboxylic acid groups (broad SMARTS) is 1. The molecular formula is C19H22N4O3. The summed E-state index contributed by atoms with van der Waals surface area (Å²) in [6.45, 7) is 1.10. The van der Waals surface area contributed by atoms with E-state index in [1.54, 1.807) is 12.1 Å². The zero-order valence-corrected chi connectivity index (χ0v) is 14.4. The van der Waals surface area contributed by atoms with Crippen LogP contribution in [-0.4, -0.2) is 30.1 Å². The Balaban J connectivity index is 1.83. The molecule has 0 atom stereocenters. The molecule has 4 N–H and O–H groups in total. The van der Waals surface area contributed by atoms with E-state index in [9.17, 15) is 9.59 Å². The Morgan fingerprint density at radius 3 is 2.08 bits per heavy atom. The van der Waals surface area contributed by atoms with Gasteiger partial charge in [-0.2, -0.15) is 10.2 Å². The largest absolute Gasteiger partial charge is 0.478 e. The highest BCUT2D eigenvalue weighted by molar-refractivity contribution is 5.87. The van der Waals surface area contributed by atoms with Crippen LogP contribution < -0.4 is 11.1 Å². The average molecular weight is 354 g/mol. The van der Waals surface area contributed by atoms with Crippen molar-refractivity contribution in [3.8, 4) is 0 Å². The van der Waals surface area contributed by atoms with Gasteiger partial charge in [-0.1, -0.05) is 12.1 Å². The first-order valence-corrected chi connectivity index (χ1v) is 8.39. The molecule has 0 saturated heterocycles. The summed E-state index contributed by atoms with van der Waals surface area (Å²) < 4.78 is 0. The lowest BCUT2D eigenvalue weighted by Gasteiger charge is -2.05. The van der Waals surface area contributed by atoms with Gasteiger partial charge < -0.3 is 16.2 Å². The maximum Gasteiger partial charge on any atom is 0.335 e. The van der Waals surface area contributed by atoms with E-state index in [1.165, 1.54) is 12.1 Å². The Bertz CT molecular complexity index is 755. The number of azo groups is 1. The van der Waals surface area contributed by atoms with E-state index < -0.39 is 5.97 Å². The van der Waals surface area contributed by atoms with E-state index >= 15 is 0 Å². The molecule has 0 bridgehead atoms. The van der Waals surface area contributed by atoms with Crippen LogP contribution in [0.2, 0.25) is 0 Å². The van der Waals surface area contributed by atoms with Crippen LogP contribution >= 0.6 is 0 Å². The maximum atomic E-state index is 11.5. The van der Waals surface area contributed by atoms with Gasteiger partial charge in [0.25, 0.3) is 0 Å². The van der Waals surface area contributed by atoms with Gasteiger partial charge in [0.15, 0.2) is 0 Å². The highest BCUT2D eigenvalue weighted by Crippen LogP contribution is 2.19. The Hall–Kier alpha value is -3.06. The maximum absolute atomic E-state index is 11.5. The third kappa shape index (κ3) is 6.45. The van der Waals surface area contributed by atoms with Crippen LogP contribution in [-0.2, 0) is 11.2 Å². The molecule has 2 aromatic carbocycles. The molecular weight excluding hydrogens is 332 g/mol. The quantitative estimate of drug-likeness (QED) is 0.599. The topological polar surface area (TPSA) is 117 Å². The third-order valence-electron chi connectivity index (χ3n) is 3.68. The SMILES string of the molecule is NCCCC(=O)NCCc1ccc(N=Nc2ccc(C(=O)O)cc2)cc1. The number of carbonyl (C=O) groups is 2. The summed E-state index contributed by atoms with van der Waals surface area (Å²) in [7, 11) is 0. The fourth-order valence-electron chi connectivity index (χ4n) is 2.21. The van der Waals surface area contributed by atoms with Crippen molar-refractivity contribution in [2.24, 2.45) is 16.0 Å². The minimum Gasteiger partial charge on any atom is -0.478 e. The van der Waals surface area contributed by atoms with Crippen molar-refractivity contribution in [2.75, 3.05) is 13.1 Å². The second-order valence-electron chi connectivity index (χ2n) is 5.71. The first-order chi connectivity index (χ1) is 12.6. The lowest BCUT2D eigenvalue weighted by atomic mass is 10.1. The average Bonchev–Trinajstić information content (AvgIpc) is 2.66. The second kappa shape index (κ2) is 10.0. The van der Waals surface area contributed by atoms with Crippen LogP contribution in [0, 0.1) is 0 Å². The summed E-state index contributed by atoms with van der Waals surface area (Å²) >= 11 is 0. The summed E-state index contributed by atoms with van der Waals surface area (Å²) in [4.78, 5) is 22.3. The molecule has 0 aliphatic heterocycles. The molecule has 26 heavy (non-hydrogen) atoms. The fraction of sp³-hybridized carbons (Fsp3) is 0.263. The number of carboxylic acids is 1. The molecule has 2 aromatic rings. The van der Waals surface area contributed by atoms with Crippen molar-refractivity contribution in [1.82, 2.24) is 5.32 Å². The van der Waals surface area contributed by atoms with E-state index in [1.807, 2.05) is 24.3 Å². The monoisotopic (exact) mass is 354 g/mol. The molecule has 136 valence electrons. The number of carbonyl (C=O) groups excluding carboxylic acids is 1. The van der Waals surface area contributed by atoms with Gasteiger partial charge in [-0.3, -0.25) is 4.79 Å². The number of hydrogen-bond acceptors (Lipinski definition) is 5. The van der Waals surface area contributed by atoms with E-state index in [2.05, 4.69) is 15.5 Å². The molecule has 0 saturated carbocycles. The van der Waals surface area contributed by atoms with E-state index in [0.717, 1.165) is 12.0 Å². The Morgan fingerprint density at radius 1 is 0.962 bits per heavy atom. The van der Waals surface area contributed by atoms with Gasteiger partial charge >= 0.3 is 5.97 Å². The normalized spacial score (nSPS) is 10.8. The lowest BCUT2D eigenvalue weighted by Crippen LogP contribution is -2.25. The second-order valence-corrected chi connectivity index (χ2v) is 5.71. The Kier molecular flexibility index (Phi) is 7.45. The van der Waals surface area contributed by atoms with Gasteiger partial charge in [0.2, 0.25) is 5.91 Å². The van der Waals surface area contributed by atoms with E-state index in [4.69, 9.17) is 10.8 Å². The first kappa shape index (κ1) is 19.3. The number of rotatable bonds is 9. The van der Waals surface area contributed by atoms with E-state index in [-0.39, 0.29) is 11.5 Å². The molecule has 7 nitrogen and oxygen atoms in total. The highest BCUT2D eigenvalue weighted by atomic mass is 16.4. The predicted molar refractivity (Wildman–Crippen MR) is 99.0 cm³/mol. The number of nitrogens with two attached hydrogens (primary N) is 1. The van der Waals surface area contributed by atoms with Gasteiger partial charge in [-0.15, -0.1) is 0 Å². The number of aromatic carboxylic acids is 1. The van der Waals surface area contributed by atoms with Gasteiger partial charge in [-0.05, 0) is 61.3 Å². The summed E-state index contributed by atoms with van der Waals surface area (Å²) in [5.74, 6) is -0.950. The Labute approximate surface area is 151 Å². The molecule has 0 heterocycles. The van der Waals surface area contributed by atoms with E-state index in [0.29, 0.717) is 37.3 Å². The van der Waals surface area contributed by atoms with Gasteiger partial charge in [0, 0.05) is 13.0 Å². The number of nitrogens with one attached hydrogen (secondary N) is 1. The van der Waals surface area contributed by atoms with Gasteiger partial charge in [-0.25, -0.2) is 4.79 Å². The van der Waals surface area contributed by atoms with Crippen molar-refractivity contribution in [2.45, 2.75) is 19.3 Å². The zero-order valence-electron chi connectivity index (χ0n) is 14.4. The molecule has 0 spiro atoms. The molecule has 0 aliphatic rings. The molecule has 0 unspecified atom stereocenters. The van der Waals surface area contributed by atoms with Crippen LogP contribution in [0.5, 0.6) is 0 Å². The zero-order chi connectivity index (χ0) is 18.8. The van der Waals surface area contributed by atoms with Crippen molar-refractivity contribution >= 4 is 23.3 Å². The Morgan fingerprint density at radius 2 is 1.54 bits per heavy atom. The molecule has 1 amide bonds. The molecule has 2 rings (SSSR count). The van der Waals surface area contributed by atoms with Crippen LogP contribution in [0.1, 0.15) is 28.8 Å². The fourth-order valence-corrected chi connectivity index (χ4v) is 2.21. The highest BCUT2D eigenvalue weighted by Gasteiger charge is 2.02. The standard InChI is InChI=1S/C19H22N4O3/c20-12-1-2-18(24)21-13-11-14-3-7-16(8-4-14)22-23-17-9-5-15(6-10-17)19(25)26/h3-10H,1-2,11-13,20H2,(H,21,24)(H,25,26).